The van der Waals surface area contributed by atoms with Crippen LogP contribution in [-0.4, -0.2) is 4.89 Å². The summed E-state index contributed by atoms with van der Waals surface area (Å²) in [6, 6.07) is 0. The predicted molar refractivity (Wildman–Crippen MR) is 9.83 cm³/mol. The molecular formula is HCs2O4P. The molecule has 0 aliphatic heterocycles. The van der Waals surface area contributed by atoms with Gasteiger partial charge in [-0.2, -0.15) is 0 Å². The summed E-state index contributed by atoms with van der Waals surface area (Å²) >= 11 is 0. The SMILES string of the molecule is O=P([O-])([O-])O.[Cs+].[Cs+]. The third-order valence-corrected chi connectivity index (χ3v) is 0. The summed E-state index contributed by atoms with van der Waals surface area (Å²) in [5, 5.41) is 0. The number of hydrogen-bond acceptors (Lipinski definition) is 3. The molecule has 0 atom stereocenters. The molecule has 0 radical (unpaired) electrons. The molecule has 0 aromatic heterocycles. The minimum atomic E-state index is -5.14. The summed E-state index contributed by atoms with van der Waals surface area (Å²) in [7, 11) is -5.14. The van der Waals surface area contributed by atoms with Gasteiger partial charge in [0.1, 0.15) is 0 Å². The molecule has 0 aliphatic carbocycles. The molecule has 0 amide bonds. The largest absolute Gasteiger partial charge is 1.00 e. The van der Waals surface area contributed by atoms with Crippen LogP contribution >= 0.6 is 7.82 Å². The van der Waals surface area contributed by atoms with Crippen molar-refractivity contribution in [2.75, 3.05) is 0 Å². The summed E-state index contributed by atoms with van der Waals surface area (Å²) in [6.07, 6.45) is 0. The van der Waals surface area contributed by atoms with Gasteiger partial charge in [0.05, 0.1) is 7.82 Å². The third-order valence-electron chi connectivity index (χ3n) is 0. The number of hydrogen-bond donors (Lipinski definition) is 1. The molecule has 0 rings (SSSR count). The zero-order valence-electron chi connectivity index (χ0n) is 4.12. The van der Waals surface area contributed by atoms with Crippen LogP contribution in [0, 0.1) is 0 Å². The Morgan fingerprint density at radius 3 is 1.29 bits per heavy atom. The molecule has 1 N–H and O–H groups in total. The van der Waals surface area contributed by atoms with E-state index in [1.165, 1.54) is 0 Å². The van der Waals surface area contributed by atoms with Gasteiger partial charge in [-0.25, -0.2) is 0 Å². The van der Waals surface area contributed by atoms with Gasteiger partial charge in [0.2, 0.25) is 0 Å². The second kappa shape index (κ2) is 8.31. The van der Waals surface area contributed by atoms with Crippen LogP contribution in [-0.2, 0) is 4.57 Å². The summed E-state index contributed by atoms with van der Waals surface area (Å²) < 4.78 is 8.66. The average Bonchev–Trinajstić information content (AvgIpc) is 0.722. The first-order valence-electron chi connectivity index (χ1n) is 0.748. The first-order chi connectivity index (χ1) is 2.00. The fourth-order valence-electron chi connectivity index (χ4n) is 0. The fourth-order valence-corrected chi connectivity index (χ4v) is 0. The van der Waals surface area contributed by atoms with Gasteiger partial charge in [0, 0.05) is 0 Å². The van der Waals surface area contributed by atoms with Gasteiger partial charge >= 0.3 is 138 Å². The quantitative estimate of drug-likeness (QED) is 0.434. The van der Waals surface area contributed by atoms with E-state index >= 15 is 0 Å². The molecule has 0 aliphatic rings. The Morgan fingerprint density at radius 1 is 1.29 bits per heavy atom. The number of rotatable bonds is 0. The van der Waals surface area contributed by atoms with Crippen LogP contribution in [0.3, 0.4) is 0 Å². The second-order valence-electron chi connectivity index (χ2n) is 0.469. The molecule has 0 saturated heterocycles. The molecule has 0 saturated carbocycles. The molecule has 0 heterocycles. The smallest absolute Gasteiger partial charge is 0.790 e. The minimum absolute atomic E-state index is 0. The van der Waals surface area contributed by atoms with Crippen molar-refractivity contribution in [3.63, 3.8) is 0 Å². The number of phosphoric acid groups is 1. The van der Waals surface area contributed by atoms with Crippen molar-refractivity contribution in [1.29, 1.82) is 0 Å². The van der Waals surface area contributed by atoms with Gasteiger partial charge in [-0.05, 0) is 0 Å². The van der Waals surface area contributed by atoms with Gasteiger partial charge < -0.3 is 19.2 Å². The van der Waals surface area contributed by atoms with Gasteiger partial charge in [-0.15, -0.1) is 0 Å². The molecule has 7 heavy (non-hydrogen) atoms. The Balaban J connectivity index is -0.0000000800. The van der Waals surface area contributed by atoms with Crippen LogP contribution in [0.2, 0.25) is 0 Å². The maximum Gasteiger partial charge on any atom is 1.00 e. The van der Waals surface area contributed by atoms with E-state index in [2.05, 4.69) is 0 Å². The van der Waals surface area contributed by atoms with Crippen LogP contribution in [0.1, 0.15) is 0 Å². The van der Waals surface area contributed by atoms with E-state index in [0.29, 0.717) is 0 Å². The van der Waals surface area contributed by atoms with E-state index in [9.17, 15) is 0 Å². The predicted octanol–water partition coefficient (Wildman–Crippen LogP) is -8.18. The zero-order chi connectivity index (χ0) is 4.50. The molecule has 32 valence electrons. The second-order valence-corrected chi connectivity index (χ2v) is 1.41. The molecule has 7 heteroatoms. The van der Waals surface area contributed by atoms with E-state index < -0.39 is 7.82 Å². The van der Waals surface area contributed by atoms with Crippen molar-refractivity contribution in [3.8, 4) is 0 Å². The van der Waals surface area contributed by atoms with Crippen molar-refractivity contribution in [3.05, 3.63) is 0 Å². The molecule has 0 fully saturated rings. The normalized spacial score (nSPS) is 8.43. The van der Waals surface area contributed by atoms with E-state index in [1.807, 2.05) is 0 Å². The zero-order valence-corrected chi connectivity index (χ0v) is 17.6. The molecular weight excluding hydrogens is 361 g/mol. The first kappa shape index (κ1) is 17.3. The van der Waals surface area contributed by atoms with Crippen molar-refractivity contribution >= 4 is 7.82 Å². The molecule has 4 nitrogen and oxygen atoms in total. The molecule has 0 unspecified atom stereocenters. The fraction of sp³-hybridized carbons (Fsp3) is 0. The maximum atomic E-state index is 8.66. The first-order valence-corrected chi connectivity index (χ1v) is 2.24. The summed E-state index contributed by atoms with van der Waals surface area (Å²) in [6.45, 7) is 0. The Hall–Kier alpha value is 4.21. The Morgan fingerprint density at radius 2 is 1.29 bits per heavy atom. The average molecular weight is 362 g/mol. The van der Waals surface area contributed by atoms with Crippen LogP contribution < -0.4 is 148 Å². The van der Waals surface area contributed by atoms with E-state index in [4.69, 9.17) is 19.2 Å². The van der Waals surface area contributed by atoms with Crippen LogP contribution in [0.4, 0.5) is 0 Å². The van der Waals surface area contributed by atoms with Crippen molar-refractivity contribution in [1.82, 2.24) is 0 Å². The molecule has 0 spiro atoms. The summed E-state index contributed by atoms with van der Waals surface area (Å²) in [5.41, 5.74) is 0. The van der Waals surface area contributed by atoms with E-state index in [-0.39, 0.29) is 138 Å². The van der Waals surface area contributed by atoms with Gasteiger partial charge in [0.15, 0.2) is 0 Å². The maximum absolute atomic E-state index is 8.66. The monoisotopic (exact) mass is 362 g/mol. The standard InChI is InChI=1S/2Cs.H3O4P/c;;1-5(2,3)4/h;;(H3,1,2,3,4)/q2*+1;/p-2. The minimum Gasteiger partial charge on any atom is -0.790 e. The van der Waals surface area contributed by atoms with Gasteiger partial charge in [-0.1, -0.05) is 0 Å². The van der Waals surface area contributed by atoms with Crippen LogP contribution in [0.25, 0.3) is 0 Å². The van der Waals surface area contributed by atoms with Gasteiger partial charge in [-0.3, -0.25) is 0 Å². The van der Waals surface area contributed by atoms with Gasteiger partial charge in [0.25, 0.3) is 0 Å². The van der Waals surface area contributed by atoms with Crippen molar-refractivity contribution in [2.24, 2.45) is 0 Å². The van der Waals surface area contributed by atoms with Crippen LogP contribution in [0.5, 0.6) is 0 Å². The molecule has 0 aromatic carbocycles. The van der Waals surface area contributed by atoms with E-state index in [1.54, 1.807) is 0 Å². The van der Waals surface area contributed by atoms with E-state index in [0.717, 1.165) is 0 Å². The topological polar surface area (TPSA) is 83.4 Å². The Kier molecular flexibility index (Phi) is 20.6. The van der Waals surface area contributed by atoms with Crippen molar-refractivity contribution < 1.29 is 157 Å². The summed E-state index contributed by atoms with van der Waals surface area (Å²) in [4.78, 5) is 24.3. The van der Waals surface area contributed by atoms with Crippen molar-refractivity contribution in [2.45, 2.75) is 0 Å². The van der Waals surface area contributed by atoms with Crippen LogP contribution in [0.15, 0.2) is 0 Å². The Labute approximate surface area is 159 Å². The Bertz CT molecular complexity index is 55.8. The third kappa shape index (κ3) is 38.8. The molecule has 0 aromatic rings. The molecule has 0 bridgehead atoms. The summed E-state index contributed by atoms with van der Waals surface area (Å²) in [5.74, 6) is 0.